The van der Waals surface area contributed by atoms with Crippen LogP contribution in [0, 0.1) is 26.7 Å². The lowest BCUT2D eigenvalue weighted by Crippen LogP contribution is -2.17. The van der Waals surface area contributed by atoms with Gasteiger partial charge in [0.15, 0.2) is 0 Å². The number of rotatable bonds is 7. The quantitative estimate of drug-likeness (QED) is 0.347. The standard InChI is InChI=1S/C24H32N2O2/c1-8-26(7)15-25-22-14-18(5)21(13-19(22)6)24(27)28-23(16(2)3)20-11-9-17(4)10-12-20/h9-16,23H,8H2,1-7H3/b25-15+. The maximum Gasteiger partial charge on any atom is 0.339 e. The highest BCUT2D eigenvalue weighted by atomic mass is 16.5. The largest absolute Gasteiger partial charge is 0.454 e. The first-order valence-electron chi connectivity index (χ1n) is 9.86. The fourth-order valence-corrected chi connectivity index (χ4v) is 2.93. The molecule has 0 aliphatic rings. The number of hydrogen-bond acceptors (Lipinski definition) is 3. The van der Waals surface area contributed by atoms with Gasteiger partial charge in [-0.25, -0.2) is 9.79 Å². The minimum absolute atomic E-state index is 0.182. The highest BCUT2D eigenvalue weighted by Crippen LogP contribution is 2.29. The zero-order valence-corrected chi connectivity index (χ0v) is 18.1. The predicted octanol–water partition coefficient (Wildman–Crippen LogP) is 5.78. The smallest absolute Gasteiger partial charge is 0.339 e. The molecule has 4 nitrogen and oxygen atoms in total. The van der Waals surface area contributed by atoms with Crippen LogP contribution in [0.25, 0.3) is 0 Å². The molecule has 28 heavy (non-hydrogen) atoms. The van der Waals surface area contributed by atoms with Crippen molar-refractivity contribution in [3.8, 4) is 0 Å². The molecule has 0 saturated carbocycles. The highest BCUT2D eigenvalue weighted by Gasteiger charge is 2.23. The SMILES string of the molecule is CCN(C)/C=N/c1cc(C)c(C(=O)OC(c2ccc(C)cc2)C(C)C)cc1C. The van der Waals surface area contributed by atoms with Crippen LogP contribution in [0.3, 0.4) is 0 Å². The Kier molecular flexibility index (Phi) is 7.38. The van der Waals surface area contributed by atoms with Gasteiger partial charge in [-0.05, 0) is 62.4 Å². The molecule has 0 aliphatic heterocycles. The molecule has 0 saturated heterocycles. The topological polar surface area (TPSA) is 41.9 Å². The second kappa shape index (κ2) is 9.54. The normalized spacial score (nSPS) is 12.4. The van der Waals surface area contributed by atoms with Crippen LogP contribution in [0.15, 0.2) is 41.4 Å². The molecule has 0 radical (unpaired) electrons. The zero-order valence-electron chi connectivity index (χ0n) is 18.1. The first kappa shape index (κ1) is 21.7. The lowest BCUT2D eigenvalue weighted by molar-refractivity contribution is 0.0175. The minimum Gasteiger partial charge on any atom is -0.454 e. The first-order valence-corrected chi connectivity index (χ1v) is 9.86. The average Bonchev–Trinajstić information content (AvgIpc) is 2.66. The van der Waals surface area contributed by atoms with Gasteiger partial charge in [0.1, 0.15) is 6.10 Å². The Labute approximate surface area is 169 Å². The molecule has 2 rings (SSSR count). The van der Waals surface area contributed by atoms with Crippen molar-refractivity contribution in [1.29, 1.82) is 0 Å². The van der Waals surface area contributed by atoms with Crippen molar-refractivity contribution in [2.24, 2.45) is 10.9 Å². The number of hydrogen-bond donors (Lipinski definition) is 0. The van der Waals surface area contributed by atoms with Gasteiger partial charge in [0.05, 0.1) is 17.6 Å². The number of aryl methyl sites for hydroxylation is 3. The van der Waals surface area contributed by atoms with Crippen molar-refractivity contribution in [2.75, 3.05) is 13.6 Å². The molecule has 1 unspecified atom stereocenters. The molecule has 0 heterocycles. The van der Waals surface area contributed by atoms with Crippen LogP contribution in [0.1, 0.15) is 59.5 Å². The van der Waals surface area contributed by atoms with E-state index in [1.165, 1.54) is 5.56 Å². The Hall–Kier alpha value is -2.62. The molecule has 0 aromatic heterocycles. The monoisotopic (exact) mass is 380 g/mol. The summed E-state index contributed by atoms with van der Waals surface area (Å²) in [5, 5.41) is 0. The summed E-state index contributed by atoms with van der Waals surface area (Å²) in [6.07, 6.45) is 1.54. The summed E-state index contributed by atoms with van der Waals surface area (Å²) < 4.78 is 5.93. The minimum atomic E-state index is -0.291. The lowest BCUT2D eigenvalue weighted by Gasteiger charge is -2.23. The molecule has 2 aromatic carbocycles. The van der Waals surface area contributed by atoms with Gasteiger partial charge in [-0.2, -0.15) is 0 Å². The number of nitrogens with zero attached hydrogens (tertiary/aromatic N) is 2. The van der Waals surface area contributed by atoms with Gasteiger partial charge in [-0.3, -0.25) is 0 Å². The summed E-state index contributed by atoms with van der Waals surface area (Å²) in [6, 6.07) is 12.0. The van der Waals surface area contributed by atoms with Crippen LogP contribution in [0.4, 0.5) is 5.69 Å². The van der Waals surface area contributed by atoms with Crippen LogP contribution in [0.5, 0.6) is 0 Å². The Bertz CT molecular complexity index is 838. The number of carbonyl (C=O) groups excluding carboxylic acids is 1. The van der Waals surface area contributed by atoms with Crippen LogP contribution in [0.2, 0.25) is 0 Å². The van der Waals surface area contributed by atoms with Gasteiger partial charge in [0, 0.05) is 13.6 Å². The number of ether oxygens (including phenoxy) is 1. The van der Waals surface area contributed by atoms with Gasteiger partial charge < -0.3 is 9.64 Å². The van der Waals surface area contributed by atoms with E-state index in [9.17, 15) is 4.79 Å². The van der Waals surface area contributed by atoms with Crippen LogP contribution in [-0.2, 0) is 4.74 Å². The fraction of sp³-hybridized carbons (Fsp3) is 0.417. The third-order valence-electron chi connectivity index (χ3n) is 4.90. The van der Waals surface area contributed by atoms with E-state index in [1.54, 1.807) is 0 Å². The molecule has 4 heteroatoms. The fourth-order valence-electron chi connectivity index (χ4n) is 2.93. The Balaban J connectivity index is 2.26. The maximum atomic E-state index is 12.9. The summed E-state index contributed by atoms with van der Waals surface area (Å²) in [7, 11) is 1.98. The molecule has 0 spiro atoms. The molecule has 0 N–H and O–H groups in total. The average molecular weight is 381 g/mol. The van der Waals surface area contributed by atoms with E-state index in [0.717, 1.165) is 28.9 Å². The number of benzene rings is 2. The van der Waals surface area contributed by atoms with Crippen molar-refractivity contribution in [3.63, 3.8) is 0 Å². The van der Waals surface area contributed by atoms with Crippen molar-refractivity contribution < 1.29 is 9.53 Å². The Morgan fingerprint density at radius 3 is 2.32 bits per heavy atom. The third-order valence-corrected chi connectivity index (χ3v) is 4.90. The summed E-state index contributed by atoms with van der Waals surface area (Å²) in [4.78, 5) is 19.5. The third kappa shape index (κ3) is 5.44. The Morgan fingerprint density at radius 2 is 1.75 bits per heavy atom. The second-order valence-corrected chi connectivity index (χ2v) is 7.75. The van der Waals surface area contributed by atoms with E-state index in [-0.39, 0.29) is 18.0 Å². The lowest BCUT2D eigenvalue weighted by atomic mass is 9.97. The first-order chi connectivity index (χ1) is 13.2. The van der Waals surface area contributed by atoms with Crippen LogP contribution in [-0.4, -0.2) is 30.8 Å². The summed E-state index contributed by atoms with van der Waals surface area (Å²) in [5.41, 5.74) is 5.50. The Morgan fingerprint density at radius 1 is 1.11 bits per heavy atom. The number of aliphatic imine (C=N–C) groups is 1. The van der Waals surface area contributed by atoms with Crippen molar-refractivity contribution in [2.45, 2.75) is 47.6 Å². The molecule has 0 aliphatic carbocycles. The predicted molar refractivity (Wildman–Crippen MR) is 117 cm³/mol. The molecular formula is C24H32N2O2. The second-order valence-electron chi connectivity index (χ2n) is 7.75. The number of carbonyl (C=O) groups is 1. The van der Waals surface area contributed by atoms with E-state index < -0.39 is 0 Å². The molecule has 150 valence electrons. The summed E-state index contributed by atoms with van der Waals surface area (Å²) in [6.45, 7) is 13.0. The van der Waals surface area contributed by atoms with Gasteiger partial charge >= 0.3 is 5.97 Å². The molecular weight excluding hydrogens is 348 g/mol. The van der Waals surface area contributed by atoms with E-state index >= 15 is 0 Å². The molecule has 1 atom stereocenters. The van der Waals surface area contributed by atoms with Crippen molar-refractivity contribution >= 4 is 18.0 Å². The van der Waals surface area contributed by atoms with Gasteiger partial charge in [-0.1, -0.05) is 43.7 Å². The number of esters is 1. The molecule has 2 aromatic rings. The van der Waals surface area contributed by atoms with E-state index in [2.05, 4.69) is 32.7 Å². The van der Waals surface area contributed by atoms with Crippen molar-refractivity contribution in [1.82, 2.24) is 4.90 Å². The van der Waals surface area contributed by atoms with Crippen molar-refractivity contribution in [3.05, 3.63) is 64.2 Å². The van der Waals surface area contributed by atoms with Crippen LogP contribution >= 0.6 is 0 Å². The van der Waals surface area contributed by atoms with Gasteiger partial charge in [0.2, 0.25) is 0 Å². The van der Waals surface area contributed by atoms with E-state index in [0.29, 0.717) is 5.56 Å². The molecule has 0 amide bonds. The highest BCUT2D eigenvalue weighted by molar-refractivity contribution is 5.92. The van der Waals surface area contributed by atoms with Crippen LogP contribution < -0.4 is 0 Å². The zero-order chi connectivity index (χ0) is 20.8. The van der Waals surface area contributed by atoms with E-state index in [4.69, 9.17) is 4.74 Å². The summed E-state index contributed by atoms with van der Waals surface area (Å²) >= 11 is 0. The molecule has 0 fully saturated rings. The van der Waals surface area contributed by atoms with Gasteiger partial charge in [0.25, 0.3) is 0 Å². The molecule has 0 bridgehead atoms. The van der Waals surface area contributed by atoms with Gasteiger partial charge in [-0.15, -0.1) is 0 Å². The van der Waals surface area contributed by atoms with E-state index in [1.807, 2.05) is 68.5 Å². The summed E-state index contributed by atoms with van der Waals surface area (Å²) in [5.74, 6) is -0.109. The maximum absolute atomic E-state index is 12.9.